The standard InChI is InChI=1S/C20H14Cl4N2O3/c1-3-26-9(2)15(11-7-14(23)19(24)25-8-11)18(27)16(20(28)29)17(26)10-4-5-12(21)13(22)6-10/h4-8H,3H2,1-2H3,(H,28,29). The Morgan fingerprint density at radius 2 is 1.72 bits per heavy atom. The maximum atomic E-state index is 13.3. The molecule has 0 saturated heterocycles. The molecule has 3 aromatic rings. The molecule has 0 atom stereocenters. The number of carboxylic acid groups (broad SMARTS) is 1. The lowest BCUT2D eigenvalue weighted by Gasteiger charge is -2.21. The number of aromatic nitrogens is 2. The number of carbonyl (C=O) groups is 1. The highest BCUT2D eigenvalue weighted by atomic mass is 35.5. The quantitative estimate of drug-likeness (QED) is 0.458. The van der Waals surface area contributed by atoms with E-state index >= 15 is 0 Å². The van der Waals surface area contributed by atoms with Gasteiger partial charge in [0.25, 0.3) is 0 Å². The van der Waals surface area contributed by atoms with Gasteiger partial charge in [0.05, 0.1) is 26.3 Å². The summed E-state index contributed by atoms with van der Waals surface area (Å²) in [6.07, 6.45) is 1.39. The molecule has 9 heteroatoms. The third-order valence-electron chi connectivity index (χ3n) is 4.54. The average Bonchev–Trinajstić information content (AvgIpc) is 2.66. The second-order valence-corrected chi connectivity index (χ2v) is 7.77. The van der Waals surface area contributed by atoms with Crippen molar-refractivity contribution in [3.8, 4) is 22.4 Å². The minimum Gasteiger partial charge on any atom is -0.477 e. The van der Waals surface area contributed by atoms with Gasteiger partial charge >= 0.3 is 5.97 Å². The zero-order valence-electron chi connectivity index (χ0n) is 15.3. The van der Waals surface area contributed by atoms with Crippen LogP contribution in [0.15, 0.2) is 35.3 Å². The molecular weight excluding hydrogens is 458 g/mol. The molecule has 0 unspecified atom stereocenters. The van der Waals surface area contributed by atoms with Crippen molar-refractivity contribution in [2.75, 3.05) is 0 Å². The molecule has 0 aliphatic rings. The lowest BCUT2D eigenvalue weighted by atomic mass is 9.97. The summed E-state index contributed by atoms with van der Waals surface area (Å²) >= 11 is 24.1. The maximum absolute atomic E-state index is 13.3. The Kier molecular flexibility index (Phi) is 6.24. The third kappa shape index (κ3) is 3.88. The highest BCUT2D eigenvalue weighted by Crippen LogP contribution is 2.33. The molecule has 0 aliphatic heterocycles. The van der Waals surface area contributed by atoms with Crippen LogP contribution in [0.2, 0.25) is 20.2 Å². The van der Waals surface area contributed by atoms with Gasteiger partial charge in [-0.3, -0.25) is 4.79 Å². The molecule has 5 nitrogen and oxygen atoms in total. The minimum absolute atomic E-state index is 0.0924. The zero-order chi connectivity index (χ0) is 21.5. The van der Waals surface area contributed by atoms with Gasteiger partial charge in [0.15, 0.2) is 0 Å². The first-order chi connectivity index (χ1) is 13.7. The van der Waals surface area contributed by atoms with Crippen LogP contribution in [0.5, 0.6) is 0 Å². The minimum atomic E-state index is -1.35. The summed E-state index contributed by atoms with van der Waals surface area (Å²) in [5.41, 5.74) is 0.823. The number of benzene rings is 1. The number of nitrogens with zero attached hydrogens (tertiary/aromatic N) is 2. The largest absolute Gasteiger partial charge is 0.477 e. The molecule has 0 aliphatic carbocycles. The van der Waals surface area contributed by atoms with Crippen molar-refractivity contribution >= 4 is 52.4 Å². The van der Waals surface area contributed by atoms with Gasteiger partial charge in [0, 0.05) is 29.6 Å². The molecule has 0 amide bonds. The van der Waals surface area contributed by atoms with E-state index in [9.17, 15) is 14.7 Å². The van der Waals surface area contributed by atoms with Crippen molar-refractivity contribution in [1.82, 2.24) is 9.55 Å². The summed E-state index contributed by atoms with van der Waals surface area (Å²) in [6, 6.07) is 6.21. The van der Waals surface area contributed by atoms with Gasteiger partial charge < -0.3 is 9.67 Å². The molecule has 0 spiro atoms. The molecule has 0 radical (unpaired) electrons. The summed E-state index contributed by atoms with van der Waals surface area (Å²) in [4.78, 5) is 29.4. The van der Waals surface area contributed by atoms with E-state index in [1.165, 1.54) is 18.3 Å². The number of carboxylic acids is 1. The predicted octanol–water partition coefficient (Wildman–Crippen LogP) is 6.22. The summed E-state index contributed by atoms with van der Waals surface area (Å²) in [6.45, 7) is 3.99. The highest BCUT2D eigenvalue weighted by Gasteiger charge is 2.26. The molecule has 150 valence electrons. The molecule has 0 fully saturated rings. The van der Waals surface area contributed by atoms with Crippen molar-refractivity contribution in [1.29, 1.82) is 0 Å². The van der Waals surface area contributed by atoms with Gasteiger partial charge in [-0.15, -0.1) is 0 Å². The van der Waals surface area contributed by atoms with Crippen LogP contribution in [0, 0.1) is 6.92 Å². The van der Waals surface area contributed by atoms with Crippen LogP contribution >= 0.6 is 46.4 Å². The third-order valence-corrected chi connectivity index (χ3v) is 5.96. The second kappa shape index (κ2) is 8.36. The van der Waals surface area contributed by atoms with E-state index in [2.05, 4.69) is 4.98 Å². The van der Waals surface area contributed by atoms with Gasteiger partial charge in [-0.2, -0.15) is 0 Å². The molecule has 1 N–H and O–H groups in total. The van der Waals surface area contributed by atoms with E-state index < -0.39 is 11.4 Å². The predicted molar refractivity (Wildman–Crippen MR) is 117 cm³/mol. The van der Waals surface area contributed by atoms with E-state index in [4.69, 9.17) is 46.4 Å². The van der Waals surface area contributed by atoms with Crippen molar-refractivity contribution in [3.05, 3.63) is 72.2 Å². The van der Waals surface area contributed by atoms with Gasteiger partial charge in [-0.05, 0) is 32.0 Å². The van der Waals surface area contributed by atoms with Crippen LogP contribution in [-0.2, 0) is 6.54 Å². The van der Waals surface area contributed by atoms with Crippen LogP contribution in [0.25, 0.3) is 22.4 Å². The Morgan fingerprint density at radius 1 is 1.07 bits per heavy atom. The monoisotopic (exact) mass is 470 g/mol. The normalized spacial score (nSPS) is 11.0. The van der Waals surface area contributed by atoms with E-state index in [0.717, 1.165) is 0 Å². The summed E-state index contributed by atoms with van der Waals surface area (Å²) in [7, 11) is 0. The van der Waals surface area contributed by atoms with Crippen molar-refractivity contribution in [3.63, 3.8) is 0 Å². The smallest absolute Gasteiger partial charge is 0.341 e. The topological polar surface area (TPSA) is 72.2 Å². The van der Waals surface area contributed by atoms with Gasteiger partial charge in [-0.1, -0.05) is 52.5 Å². The summed E-state index contributed by atoms with van der Waals surface area (Å²) < 4.78 is 1.74. The summed E-state index contributed by atoms with van der Waals surface area (Å²) in [5.74, 6) is -1.35. The first kappa shape index (κ1) is 21.7. The van der Waals surface area contributed by atoms with Gasteiger partial charge in [-0.25, -0.2) is 9.78 Å². The summed E-state index contributed by atoms with van der Waals surface area (Å²) in [5, 5.41) is 10.7. The molecule has 29 heavy (non-hydrogen) atoms. The number of halogens is 4. The van der Waals surface area contributed by atoms with Crippen molar-refractivity contribution in [2.45, 2.75) is 20.4 Å². The SMILES string of the molecule is CCn1c(C)c(-c2cnc(Cl)c(Cl)c2)c(=O)c(C(=O)O)c1-c1ccc(Cl)c(Cl)c1. The molecular formula is C20H14Cl4N2O3. The average molecular weight is 472 g/mol. The Hall–Kier alpha value is -2.05. The fourth-order valence-corrected chi connectivity index (χ4v) is 3.84. The molecule has 1 aromatic carbocycles. The van der Waals surface area contributed by atoms with E-state index in [0.29, 0.717) is 28.4 Å². The van der Waals surface area contributed by atoms with Crippen molar-refractivity contribution < 1.29 is 9.90 Å². The highest BCUT2D eigenvalue weighted by molar-refractivity contribution is 6.42. The van der Waals surface area contributed by atoms with Gasteiger partial charge in [0.1, 0.15) is 10.7 Å². The maximum Gasteiger partial charge on any atom is 0.341 e. The van der Waals surface area contributed by atoms with E-state index in [1.54, 1.807) is 23.6 Å². The molecule has 0 bridgehead atoms. The number of hydrogen-bond donors (Lipinski definition) is 1. The van der Waals surface area contributed by atoms with Gasteiger partial charge in [0.2, 0.25) is 5.43 Å². The Balaban J connectivity index is 2.45. The lowest BCUT2D eigenvalue weighted by molar-refractivity contribution is 0.0695. The Labute approximate surface area is 186 Å². The Morgan fingerprint density at radius 3 is 2.28 bits per heavy atom. The second-order valence-electron chi connectivity index (χ2n) is 6.19. The number of hydrogen-bond acceptors (Lipinski definition) is 3. The fraction of sp³-hybridized carbons (Fsp3) is 0.150. The first-order valence-corrected chi connectivity index (χ1v) is 9.96. The molecule has 2 aromatic heterocycles. The van der Waals surface area contributed by atoms with Crippen LogP contribution in [-0.4, -0.2) is 20.6 Å². The number of pyridine rings is 2. The number of rotatable bonds is 4. The van der Waals surface area contributed by atoms with Crippen LogP contribution in [0.3, 0.4) is 0 Å². The molecule has 3 rings (SSSR count). The first-order valence-electron chi connectivity index (χ1n) is 8.44. The lowest BCUT2D eigenvalue weighted by Crippen LogP contribution is -2.25. The van der Waals surface area contributed by atoms with Crippen LogP contribution in [0.4, 0.5) is 0 Å². The number of aromatic carboxylic acids is 1. The Bertz CT molecular complexity index is 1210. The van der Waals surface area contributed by atoms with E-state index in [1.807, 2.05) is 6.92 Å². The zero-order valence-corrected chi connectivity index (χ0v) is 18.3. The van der Waals surface area contributed by atoms with Crippen LogP contribution < -0.4 is 5.43 Å². The van der Waals surface area contributed by atoms with Crippen molar-refractivity contribution in [2.24, 2.45) is 0 Å². The molecule has 2 heterocycles. The molecule has 0 saturated carbocycles. The fourth-order valence-electron chi connectivity index (χ4n) is 3.27. The van der Waals surface area contributed by atoms with Crippen LogP contribution in [0.1, 0.15) is 23.0 Å². The van der Waals surface area contributed by atoms with E-state index in [-0.39, 0.29) is 32.0 Å².